The zero-order valence-electron chi connectivity index (χ0n) is 10.3. The first-order valence-corrected chi connectivity index (χ1v) is 5.98. The molecule has 0 aliphatic heterocycles. The monoisotopic (exact) mass is 255 g/mol. The summed E-state index contributed by atoms with van der Waals surface area (Å²) in [4.78, 5) is 15.6. The Kier molecular flexibility index (Phi) is 4.75. The Bertz CT molecular complexity index is 407. The highest BCUT2D eigenvalue weighted by atomic mass is 35.5. The molecule has 0 saturated heterocycles. The first kappa shape index (κ1) is 13.8. The Hall–Kier alpha value is -1.29. The van der Waals surface area contributed by atoms with E-state index in [1.165, 1.54) is 12.3 Å². The number of nitrogen functional groups attached to an aromatic ring is 1. The van der Waals surface area contributed by atoms with Crippen LogP contribution in [0.4, 0.5) is 5.82 Å². The van der Waals surface area contributed by atoms with Crippen molar-refractivity contribution < 1.29 is 4.79 Å². The molecule has 4 nitrogen and oxygen atoms in total. The number of aromatic nitrogens is 1. The van der Waals surface area contributed by atoms with Crippen LogP contribution in [0.15, 0.2) is 12.3 Å². The van der Waals surface area contributed by atoms with Gasteiger partial charge in [0.05, 0.1) is 10.6 Å². The predicted octanol–water partition coefficient (Wildman–Crippen LogP) is 2.34. The van der Waals surface area contributed by atoms with Gasteiger partial charge in [-0.25, -0.2) is 4.98 Å². The molecular weight excluding hydrogens is 238 g/mol. The van der Waals surface area contributed by atoms with Crippen molar-refractivity contribution >= 4 is 23.3 Å². The maximum absolute atomic E-state index is 11.8. The molecule has 1 atom stereocenters. The van der Waals surface area contributed by atoms with Crippen LogP contribution in [0, 0.1) is 11.8 Å². The molecule has 0 saturated carbocycles. The average Bonchev–Trinajstić information content (AvgIpc) is 2.28. The van der Waals surface area contributed by atoms with Crippen molar-refractivity contribution in [2.75, 3.05) is 12.3 Å². The second kappa shape index (κ2) is 5.87. The summed E-state index contributed by atoms with van der Waals surface area (Å²) in [6, 6.07) is 1.53. The number of hydrogen-bond donors (Lipinski definition) is 2. The van der Waals surface area contributed by atoms with E-state index in [-0.39, 0.29) is 11.7 Å². The van der Waals surface area contributed by atoms with Gasteiger partial charge in [-0.2, -0.15) is 0 Å². The minimum Gasteiger partial charge on any atom is -0.382 e. The molecule has 0 aliphatic carbocycles. The number of rotatable bonds is 4. The number of carbonyl (C=O) groups is 1. The van der Waals surface area contributed by atoms with Crippen LogP contribution in [-0.4, -0.2) is 17.4 Å². The Morgan fingerprint density at radius 2 is 2.18 bits per heavy atom. The summed E-state index contributed by atoms with van der Waals surface area (Å²) in [5.74, 6) is 1.02. The normalized spacial score (nSPS) is 12.5. The van der Waals surface area contributed by atoms with Gasteiger partial charge in [-0.3, -0.25) is 4.79 Å². The fourth-order valence-corrected chi connectivity index (χ4v) is 1.33. The summed E-state index contributed by atoms with van der Waals surface area (Å²) < 4.78 is 0. The maximum Gasteiger partial charge on any atom is 0.252 e. The van der Waals surface area contributed by atoms with E-state index in [4.69, 9.17) is 17.3 Å². The quantitative estimate of drug-likeness (QED) is 0.868. The Labute approximate surface area is 107 Å². The van der Waals surface area contributed by atoms with Crippen LogP contribution in [-0.2, 0) is 0 Å². The number of amides is 1. The molecular formula is C12H18ClN3O. The number of carbonyl (C=O) groups excluding carboxylic acids is 1. The Morgan fingerprint density at radius 3 is 2.71 bits per heavy atom. The molecule has 5 heteroatoms. The van der Waals surface area contributed by atoms with E-state index in [2.05, 4.69) is 31.1 Å². The van der Waals surface area contributed by atoms with Crippen LogP contribution in [0.5, 0.6) is 0 Å². The van der Waals surface area contributed by atoms with Gasteiger partial charge in [-0.1, -0.05) is 32.4 Å². The van der Waals surface area contributed by atoms with Gasteiger partial charge in [0.25, 0.3) is 5.91 Å². The summed E-state index contributed by atoms with van der Waals surface area (Å²) in [7, 11) is 0. The van der Waals surface area contributed by atoms with Gasteiger partial charge in [0.1, 0.15) is 5.82 Å². The molecule has 0 fully saturated rings. The van der Waals surface area contributed by atoms with E-state index < -0.39 is 0 Å². The van der Waals surface area contributed by atoms with Crippen molar-refractivity contribution in [1.82, 2.24) is 10.3 Å². The Morgan fingerprint density at radius 1 is 1.53 bits per heavy atom. The average molecular weight is 256 g/mol. The van der Waals surface area contributed by atoms with E-state index in [0.717, 1.165) is 0 Å². The number of nitrogens with two attached hydrogens (primary N) is 1. The lowest BCUT2D eigenvalue weighted by Gasteiger charge is -2.16. The molecule has 17 heavy (non-hydrogen) atoms. The van der Waals surface area contributed by atoms with E-state index in [1.807, 2.05) is 0 Å². The fourth-order valence-electron chi connectivity index (χ4n) is 1.16. The van der Waals surface area contributed by atoms with E-state index >= 15 is 0 Å². The topological polar surface area (TPSA) is 68.0 Å². The predicted molar refractivity (Wildman–Crippen MR) is 70.0 cm³/mol. The number of nitrogens with zero attached hydrogens (tertiary/aromatic N) is 1. The highest BCUT2D eigenvalue weighted by Crippen LogP contribution is 2.16. The van der Waals surface area contributed by atoms with Gasteiger partial charge >= 0.3 is 0 Å². The molecule has 1 unspecified atom stereocenters. The van der Waals surface area contributed by atoms with E-state index in [9.17, 15) is 4.79 Å². The van der Waals surface area contributed by atoms with Gasteiger partial charge < -0.3 is 11.1 Å². The van der Waals surface area contributed by atoms with Crippen molar-refractivity contribution in [3.63, 3.8) is 0 Å². The summed E-state index contributed by atoms with van der Waals surface area (Å²) >= 11 is 5.80. The number of anilines is 1. The third kappa shape index (κ3) is 3.89. The van der Waals surface area contributed by atoms with Gasteiger partial charge in [0.15, 0.2) is 0 Å². The van der Waals surface area contributed by atoms with Crippen LogP contribution in [0.2, 0.25) is 5.02 Å². The lowest BCUT2D eigenvalue weighted by molar-refractivity contribution is 0.0944. The zero-order valence-corrected chi connectivity index (χ0v) is 11.1. The van der Waals surface area contributed by atoms with Crippen molar-refractivity contribution in [2.45, 2.75) is 20.8 Å². The lowest BCUT2D eigenvalue weighted by atomic mass is 9.98. The van der Waals surface area contributed by atoms with Crippen LogP contribution in [0.25, 0.3) is 0 Å². The third-order valence-corrected chi connectivity index (χ3v) is 3.16. The largest absolute Gasteiger partial charge is 0.382 e. The molecule has 0 bridgehead atoms. The van der Waals surface area contributed by atoms with Crippen LogP contribution >= 0.6 is 11.6 Å². The first-order valence-electron chi connectivity index (χ1n) is 5.61. The third-order valence-electron chi connectivity index (χ3n) is 2.85. The van der Waals surface area contributed by atoms with Gasteiger partial charge in [0, 0.05) is 12.7 Å². The summed E-state index contributed by atoms with van der Waals surface area (Å²) in [6.07, 6.45) is 1.43. The minimum absolute atomic E-state index is 0.174. The molecule has 0 spiro atoms. The van der Waals surface area contributed by atoms with Gasteiger partial charge in [-0.05, 0) is 17.9 Å². The molecule has 0 aliphatic rings. The summed E-state index contributed by atoms with van der Waals surface area (Å²) in [5, 5.41) is 3.15. The fraction of sp³-hybridized carbons (Fsp3) is 0.500. The maximum atomic E-state index is 11.8. The number of pyridine rings is 1. The molecule has 1 aromatic rings. The van der Waals surface area contributed by atoms with Crippen molar-refractivity contribution in [1.29, 1.82) is 0 Å². The smallest absolute Gasteiger partial charge is 0.252 e. The first-order chi connectivity index (χ1) is 7.91. The second-order valence-corrected chi connectivity index (χ2v) is 4.93. The molecule has 0 radical (unpaired) electrons. The molecule has 94 valence electrons. The molecule has 1 amide bonds. The molecule has 0 aromatic carbocycles. The zero-order chi connectivity index (χ0) is 13.0. The molecule has 1 aromatic heterocycles. The van der Waals surface area contributed by atoms with E-state index in [0.29, 0.717) is 29.0 Å². The van der Waals surface area contributed by atoms with Gasteiger partial charge in [-0.15, -0.1) is 0 Å². The standard InChI is InChI=1S/C12H18ClN3O/c1-7(2)8(3)5-16-12(17)9-4-10(13)11(14)15-6-9/h4,6-8H,5H2,1-3H3,(H2,14,15)(H,16,17). The molecule has 3 N–H and O–H groups in total. The number of halogens is 1. The van der Waals surface area contributed by atoms with E-state index in [1.54, 1.807) is 0 Å². The summed E-state index contributed by atoms with van der Waals surface area (Å²) in [6.45, 7) is 6.98. The van der Waals surface area contributed by atoms with Crippen LogP contribution < -0.4 is 11.1 Å². The molecule has 1 rings (SSSR count). The number of nitrogens with one attached hydrogen (secondary N) is 1. The molecule has 1 heterocycles. The Balaban J connectivity index is 2.61. The highest BCUT2D eigenvalue weighted by molar-refractivity contribution is 6.33. The number of hydrogen-bond acceptors (Lipinski definition) is 3. The van der Waals surface area contributed by atoms with Crippen LogP contribution in [0.1, 0.15) is 31.1 Å². The summed E-state index contributed by atoms with van der Waals surface area (Å²) in [5.41, 5.74) is 5.91. The van der Waals surface area contributed by atoms with Gasteiger partial charge in [0.2, 0.25) is 0 Å². The van der Waals surface area contributed by atoms with Crippen molar-refractivity contribution in [3.05, 3.63) is 22.8 Å². The lowest BCUT2D eigenvalue weighted by Crippen LogP contribution is -2.30. The highest BCUT2D eigenvalue weighted by Gasteiger charge is 2.11. The second-order valence-electron chi connectivity index (χ2n) is 4.52. The van der Waals surface area contributed by atoms with Crippen LogP contribution in [0.3, 0.4) is 0 Å². The van der Waals surface area contributed by atoms with Crippen molar-refractivity contribution in [3.8, 4) is 0 Å². The van der Waals surface area contributed by atoms with Crippen molar-refractivity contribution in [2.24, 2.45) is 11.8 Å². The SMILES string of the molecule is CC(C)C(C)CNC(=O)c1cnc(N)c(Cl)c1. The minimum atomic E-state index is -0.174.